The zero-order valence-corrected chi connectivity index (χ0v) is 9.66. The van der Waals surface area contributed by atoms with Gasteiger partial charge in [0.05, 0.1) is 18.3 Å². The second kappa shape index (κ2) is 5.86. The Bertz CT molecular complexity index is 165. The predicted molar refractivity (Wildman–Crippen MR) is 60.8 cm³/mol. The summed E-state index contributed by atoms with van der Waals surface area (Å²) < 4.78 is 6.15. The van der Waals surface area contributed by atoms with Crippen LogP contribution in [0.3, 0.4) is 0 Å². The molecule has 2 heteroatoms. The van der Waals surface area contributed by atoms with Gasteiger partial charge in [0.15, 0.2) is 0 Å². The Morgan fingerprint density at radius 1 is 0.667 bits per heavy atom. The summed E-state index contributed by atoms with van der Waals surface area (Å²) in [6.07, 6.45) is 12.9. The Hall–Kier alpha value is -0.0800. The number of aliphatic hydroxyl groups is 1. The van der Waals surface area contributed by atoms with E-state index in [1.807, 2.05) is 0 Å². The fourth-order valence-corrected chi connectivity index (χ4v) is 2.83. The van der Waals surface area contributed by atoms with Gasteiger partial charge in [-0.05, 0) is 38.5 Å². The highest BCUT2D eigenvalue weighted by Gasteiger charge is 2.23. The molecule has 0 amide bonds. The zero-order valence-electron chi connectivity index (χ0n) is 9.66. The van der Waals surface area contributed by atoms with Gasteiger partial charge in [0.1, 0.15) is 0 Å². The van der Waals surface area contributed by atoms with E-state index in [4.69, 9.17) is 4.74 Å². The van der Waals surface area contributed by atoms with E-state index in [1.165, 1.54) is 38.5 Å². The molecule has 0 aromatic rings. The molecule has 0 saturated heterocycles. The normalized spacial score (nSPS) is 35.0. The molecule has 2 rings (SSSR count). The van der Waals surface area contributed by atoms with Crippen molar-refractivity contribution in [2.24, 2.45) is 0 Å². The van der Waals surface area contributed by atoms with E-state index in [9.17, 15) is 5.11 Å². The van der Waals surface area contributed by atoms with Crippen LogP contribution in [0.4, 0.5) is 0 Å². The van der Waals surface area contributed by atoms with Crippen LogP contribution in [0.2, 0.25) is 0 Å². The highest BCUT2D eigenvalue weighted by Crippen LogP contribution is 2.26. The van der Waals surface area contributed by atoms with Gasteiger partial charge in [0.2, 0.25) is 0 Å². The van der Waals surface area contributed by atoms with Crippen LogP contribution in [0.1, 0.15) is 64.2 Å². The van der Waals surface area contributed by atoms with Gasteiger partial charge in [-0.2, -0.15) is 0 Å². The standard InChI is InChI=1S/C13H24O2/c14-11-7-9-13(10-8-11)15-12-5-3-1-2-4-6-12/h11-14H,1-10H2. The Labute approximate surface area is 93.0 Å². The molecule has 1 N–H and O–H groups in total. The molecule has 0 aromatic carbocycles. The molecular weight excluding hydrogens is 188 g/mol. The monoisotopic (exact) mass is 212 g/mol. The van der Waals surface area contributed by atoms with Gasteiger partial charge in [-0.1, -0.05) is 25.7 Å². The second-order valence-corrected chi connectivity index (χ2v) is 5.18. The third-order valence-corrected chi connectivity index (χ3v) is 3.83. The molecule has 0 spiro atoms. The number of rotatable bonds is 2. The lowest BCUT2D eigenvalue weighted by molar-refractivity contribution is -0.0527. The summed E-state index contributed by atoms with van der Waals surface area (Å²) in [5.41, 5.74) is 0. The van der Waals surface area contributed by atoms with Gasteiger partial charge >= 0.3 is 0 Å². The molecule has 15 heavy (non-hydrogen) atoms. The molecule has 0 heterocycles. The molecule has 2 aliphatic rings. The van der Waals surface area contributed by atoms with E-state index in [0.717, 1.165) is 25.7 Å². The molecule has 2 aliphatic carbocycles. The van der Waals surface area contributed by atoms with Crippen molar-refractivity contribution in [3.05, 3.63) is 0 Å². The number of hydrogen-bond acceptors (Lipinski definition) is 2. The lowest BCUT2D eigenvalue weighted by Crippen LogP contribution is -2.28. The van der Waals surface area contributed by atoms with Crippen LogP contribution in [0.5, 0.6) is 0 Å². The zero-order chi connectivity index (χ0) is 10.5. The summed E-state index contributed by atoms with van der Waals surface area (Å²) in [6.45, 7) is 0. The molecule has 0 aromatic heterocycles. The molecule has 0 bridgehead atoms. The van der Waals surface area contributed by atoms with Crippen LogP contribution in [0.25, 0.3) is 0 Å². The van der Waals surface area contributed by atoms with Crippen molar-refractivity contribution in [2.45, 2.75) is 82.5 Å². The summed E-state index contributed by atoms with van der Waals surface area (Å²) in [5, 5.41) is 9.42. The first-order valence-electron chi connectivity index (χ1n) is 6.68. The van der Waals surface area contributed by atoms with E-state index in [0.29, 0.717) is 12.2 Å². The third-order valence-electron chi connectivity index (χ3n) is 3.83. The topological polar surface area (TPSA) is 29.5 Å². The quantitative estimate of drug-likeness (QED) is 0.713. The molecule has 0 radical (unpaired) electrons. The summed E-state index contributed by atoms with van der Waals surface area (Å²) in [7, 11) is 0. The number of ether oxygens (including phenoxy) is 1. The predicted octanol–water partition coefficient (Wildman–Crippen LogP) is 3.03. The van der Waals surface area contributed by atoms with Crippen molar-refractivity contribution in [1.29, 1.82) is 0 Å². The SMILES string of the molecule is OC1CCC(OC2CCCCCC2)CC1. The van der Waals surface area contributed by atoms with Gasteiger partial charge in [-0.25, -0.2) is 0 Å². The first-order chi connectivity index (χ1) is 7.34. The molecule has 0 atom stereocenters. The summed E-state index contributed by atoms with van der Waals surface area (Å²) in [5.74, 6) is 0. The van der Waals surface area contributed by atoms with Crippen LogP contribution < -0.4 is 0 Å². The first kappa shape index (κ1) is 11.4. The molecule has 88 valence electrons. The highest BCUT2D eigenvalue weighted by molar-refractivity contribution is 4.74. The number of aliphatic hydroxyl groups excluding tert-OH is 1. The van der Waals surface area contributed by atoms with Crippen LogP contribution in [0, 0.1) is 0 Å². The van der Waals surface area contributed by atoms with Crippen molar-refractivity contribution in [3.63, 3.8) is 0 Å². The molecule has 2 nitrogen and oxygen atoms in total. The molecule has 2 fully saturated rings. The first-order valence-corrected chi connectivity index (χ1v) is 6.68. The smallest absolute Gasteiger partial charge is 0.0580 e. The minimum Gasteiger partial charge on any atom is -0.393 e. The van der Waals surface area contributed by atoms with E-state index >= 15 is 0 Å². The highest BCUT2D eigenvalue weighted by atomic mass is 16.5. The second-order valence-electron chi connectivity index (χ2n) is 5.18. The van der Waals surface area contributed by atoms with Crippen LogP contribution >= 0.6 is 0 Å². The maximum atomic E-state index is 9.42. The molecular formula is C13H24O2. The van der Waals surface area contributed by atoms with Crippen molar-refractivity contribution in [2.75, 3.05) is 0 Å². The fourth-order valence-electron chi connectivity index (χ4n) is 2.83. The van der Waals surface area contributed by atoms with Gasteiger partial charge in [0, 0.05) is 0 Å². The van der Waals surface area contributed by atoms with Crippen molar-refractivity contribution >= 4 is 0 Å². The maximum absolute atomic E-state index is 9.42. The van der Waals surface area contributed by atoms with Crippen molar-refractivity contribution in [1.82, 2.24) is 0 Å². The summed E-state index contributed by atoms with van der Waals surface area (Å²) in [6, 6.07) is 0. The summed E-state index contributed by atoms with van der Waals surface area (Å²) in [4.78, 5) is 0. The summed E-state index contributed by atoms with van der Waals surface area (Å²) >= 11 is 0. The number of hydrogen-bond donors (Lipinski definition) is 1. The van der Waals surface area contributed by atoms with Crippen LogP contribution in [-0.2, 0) is 4.74 Å². The van der Waals surface area contributed by atoms with Crippen molar-refractivity contribution < 1.29 is 9.84 Å². The average molecular weight is 212 g/mol. The Kier molecular flexibility index (Phi) is 4.45. The minimum atomic E-state index is -0.0565. The largest absolute Gasteiger partial charge is 0.393 e. The molecule has 0 unspecified atom stereocenters. The Morgan fingerprint density at radius 3 is 1.80 bits per heavy atom. The van der Waals surface area contributed by atoms with Crippen LogP contribution in [-0.4, -0.2) is 23.4 Å². The lowest BCUT2D eigenvalue weighted by Gasteiger charge is -2.29. The maximum Gasteiger partial charge on any atom is 0.0580 e. The van der Waals surface area contributed by atoms with Crippen LogP contribution in [0.15, 0.2) is 0 Å². The Balaban J connectivity index is 1.70. The molecule has 2 saturated carbocycles. The van der Waals surface area contributed by atoms with E-state index in [2.05, 4.69) is 0 Å². The van der Waals surface area contributed by atoms with E-state index in [-0.39, 0.29) is 6.10 Å². The fraction of sp³-hybridized carbons (Fsp3) is 1.00. The van der Waals surface area contributed by atoms with Gasteiger partial charge < -0.3 is 9.84 Å². The average Bonchev–Trinajstić information content (AvgIpc) is 2.50. The molecule has 0 aliphatic heterocycles. The van der Waals surface area contributed by atoms with Crippen molar-refractivity contribution in [3.8, 4) is 0 Å². The van der Waals surface area contributed by atoms with Gasteiger partial charge in [0.25, 0.3) is 0 Å². The third kappa shape index (κ3) is 3.76. The Morgan fingerprint density at radius 2 is 1.20 bits per heavy atom. The van der Waals surface area contributed by atoms with Gasteiger partial charge in [-0.15, -0.1) is 0 Å². The minimum absolute atomic E-state index is 0.0565. The van der Waals surface area contributed by atoms with E-state index in [1.54, 1.807) is 0 Å². The van der Waals surface area contributed by atoms with E-state index < -0.39 is 0 Å². The lowest BCUT2D eigenvalue weighted by atomic mass is 9.95. The van der Waals surface area contributed by atoms with Gasteiger partial charge in [-0.3, -0.25) is 0 Å².